The van der Waals surface area contributed by atoms with Crippen molar-refractivity contribution in [1.82, 2.24) is 4.98 Å². The molecule has 0 radical (unpaired) electrons. The first-order valence-electron chi connectivity index (χ1n) is 5.24. The van der Waals surface area contributed by atoms with Gasteiger partial charge in [-0.15, -0.1) is 0 Å². The first-order valence-corrected chi connectivity index (χ1v) is 6.04. The molecule has 0 amide bonds. The normalized spacial score (nSPS) is 10.2. The molecule has 88 valence electrons. The van der Waals surface area contributed by atoms with Gasteiger partial charge < -0.3 is 10.5 Å². The fourth-order valence-electron chi connectivity index (χ4n) is 1.41. The van der Waals surface area contributed by atoms with Crippen LogP contribution >= 0.6 is 15.9 Å². The van der Waals surface area contributed by atoms with Gasteiger partial charge in [-0.05, 0) is 52.7 Å². The Morgan fingerprint density at radius 2 is 2.12 bits per heavy atom. The third kappa shape index (κ3) is 3.20. The lowest BCUT2D eigenvalue weighted by atomic mass is 10.2. The van der Waals surface area contributed by atoms with Crippen LogP contribution in [0.3, 0.4) is 0 Å². The zero-order chi connectivity index (χ0) is 12.3. The molecular weight excluding hydrogens is 280 g/mol. The van der Waals surface area contributed by atoms with Crippen LogP contribution in [-0.4, -0.2) is 4.98 Å². The van der Waals surface area contributed by atoms with Gasteiger partial charge in [-0.1, -0.05) is 6.07 Å². The topological polar surface area (TPSA) is 48.1 Å². The second kappa shape index (κ2) is 5.19. The number of rotatable bonds is 3. The molecule has 0 atom stereocenters. The Kier molecular flexibility index (Phi) is 3.64. The molecule has 17 heavy (non-hydrogen) atoms. The van der Waals surface area contributed by atoms with Gasteiger partial charge in [-0.25, -0.2) is 0 Å². The van der Waals surface area contributed by atoms with Crippen molar-refractivity contribution in [3.8, 4) is 5.75 Å². The summed E-state index contributed by atoms with van der Waals surface area (Å²) >= 11 is 3.34. The molecule has 0 bridgehead atoms. The number of aromatic nitrogens is 1. The van der Waals surface area contributed by atoms with Gasteiger partial charge in [0.15, 0.2) is 0 Å². The molecule has 0 fully saturated rings. The lowest BCUT2D eigenvalue weighted by Crippen LogP contribution is -2.00. The van der Waals surface area contributed by atoms with Crippen molar-refractivity contribution < 1.29 is 4.74 Å². The minimum Gasteiger partial charge on any atom is -0.485 e. The van der Waals surface area contributed by atoms with Gasteiger partial charge >= 0.3 is 0 Å². The van der Waals surface area contributed by atoms with Crippen LogP contribution in [0.4, 0.5) is 5.69 Å². The van der Waals surface area contributed by atoms with E-state index in [9.17, 15) is 0 Å². The smallest absolute Gasteiger partial charge is 0.143 e. The van der Waals surface area contributed by atoms with Crippen molar-refractivity contribution in [2.75, 3.05) is 5.73 Å². The third-order valence-electron chi connectivity index (χ3n) is 2.33. The van der Waals surface area contributed by atoms with Crippen molar-refractivity contribution in [1.29, 1.82) is 0 Å². The average Bonchev–Trinajstić information content (AvgIpc) is 2.32. The van der Waals surface area contributed by atoms with Crippen LogP contribution in [-0.2, 0) is 6.61 Å². The highest BCUT2D eigenvalue weighted by molar-refractivity contribution is 9.10. The quantitative estimate of drug-likeness (QED) is 0.883. The zero-order valence-electron chi connectivity index (χ0n) is 9.48. The van der Waals surface area contributed by atoms with Crippen molar-refractivity contribution in [3.05, 3.63) is 52.3 Å². The molecule has 2 aromatic rings. The Bertz CT molecular complexity index is 511. The molecule has 4 heteroatoms. The lowest BCUT2D eigenvalue weighted by Gasteiger charge is -2.09. The highest BCUT2D eigenvalue weighted by Crippen LogP contribution is 2.23. The summed E-state index contributed by atoms with van der Waals surface area (Å²) in [5.74, 6) is 0.703. The van der Waals surface area contributed by atoms with Gasteiger partial charge in [0, 0.05) is 10.7 Å². The van der Waals surface area contributed by atoms with E-state index in [0.29, 0.717) is 18.0 Å². The number of hydrogen-bond donors (Lipinski definition) is 1. The predicted molar refractivity (Wildman–Crippen MR) is 71.9 cm³/mol. The van der Waals surface area contributed by atoms with Crippen molar-refractivity contribution in [2.24, 2.45) is 0 Å². The highest BCUT2D eigenvalue weighted by Gasteiger charge is 2.02. The number of halogens is 1. The summed E-state index contributed by atoms with van der Waals surface area (Å²) in [7, 11) is 0. The number of ether oxygens (including phenoxy) is 1. The SMILES string of the molecule is Cc1ccc(N)c(OCc2ccc(Br)cn2)c1. The molecule has 3 nitrogen and oxygen atoms in total. The number of pyridine rings is 1. The van der Waals surface area contributed by atoms with Crippen LogP contribution < -0.4 is 10.5 Å². The second-order valence-electron chi connectivity index (χ2n) is 3.80. The molecule has 0 aliphatic heterocycles. The molecule has 0 saturated carbocycles. The molecule has 2 N–H and O–H groups in total. The number of hydrogen-bond acceptors (Lipinski definition) is 3. The Labute approximate surface area is 109 Å². The molecule has 1 aromatic heterocycles. The molecule has 1 heterocycles. The Morgan fingerprint density at radius 3 is 2.82 bits per heavy atom. The number of aryl methyl sites for hydroxylation is 1. The maximum absolute atomic E-state index is 5.82. The van der Waals surface area contributed by atoms with E-state index < -0.39 is 0 Å². The van der Waals surface area contributed by atoms with Crippen molar-refractivity contribution >= 4 is 21.6 Å². The molecule has 2 rings (SSSR count). The maximum atomic E-state index is 5.82. The summed E-state index contributed by atoms with van der Waals surface area (Å²) in [6.45, 7) is 2.42. The van der Waals surface area contributed by atoms with Gasteiger partial charge in [0.2, 0.25) is 0 Å². The molecule has 1 aromatic carbocycles. The minimum atomic E-state index is 0.418. The number of nitrogens with zero attached hydrogens (tertiary/aromatic N) is 1. The number of benzene rings is 1. The van der Waals surface area contributed by atoms with Gasteiger partial charge in [-0.2, -0.15) is 0 Å². The third-order valence-corrected chi connectivity index (χ3v) is 2.80. The summed E-state index contributed by atoms with van der Waals surface area (Å²) in [6.07, 6.45) is 1.75. The monoisotopic (exact) mass is 292 g/mol. The largest absolute Gasteiger partial charge is 0.485 e. The number of anilines is 1. The standard InChI is InChI=1S/C13H13BrN2O/c1-9-2-5-12(15)13(6-9)17-8-11-4-3-10(14)7-16-11/h2-7H,8,15H2,1H3. The van der Waals surface area contributed by atoms with Gasteiger partial charge in [0.25, 0.3) is 0 Å². The van der Waals surface area contributed by atoms with E-state index in [1.54, 1.807) is 6.20 Å². The summed E-state index contributed by atoms with van der Waals surface area (Å²) in [5, 5.41) is 0. The summed E-state index contributed by atoms with van der Waals surface area (Å²) in [5.41, 5.74) is 8.46. The fourth-order valence-corrected chi connectivity index (χ4v) is 1.64. The Morgan fingerprint density at radius 1 is 1.29 bits per heavy atom. The Balaban J connectivity index is 2.07. The zero-order valence-corrected chi connectivity index (χ0v) is 11.1. The molecule has 0 spiro atoms. The van der Waals surface area contributed by atoms with Gasteiger partial charge in [0.1, 0.15) is 12.4 Å². The van der Waals surface area contributed by atoms with Crippen molar-refractivity contribution in [2.45, 2.75) is 13.5 Å². The van der Waals surface area contributed by atoms with Gasteiger partial charge in [0.05, 0.1) is 11.4 Å². The minimum absolute atomic E-state index is 0.418. The highest BCUT2D eigenvalue weighted by atomic mass is 79.9. The van der Waals surface area contributed by atoms with E-state index in [-0.39, 0.29) is 0 Å². The summed E-state index contributed by atoms with van der Waals surface area (Å²) in [4.78, 5) is 4.23. The van der Waals surface area contributed by atoms with E-state index in [1.165, 1.54) is 0 Å². The van der Waals surface area contributed by atoms with Crippen molar-refractivity contribution in [3.63, 3.8) is 0 Å². The molecular formula is C13H13BrN2O. The van der Waals surface area contributed by atoms with E-state index in [1.807, 2.05) is 37.3 Å². The molecule has 0 aliphatic rings. The van der Waals surface area contributed by atoms with Gasteiger partial charge in [-0.3, -0.25) is 4.98 Å². The van der Waals surface area contributed by atoms with Crippen LogP contribution in [0.2, 0.25) is 0 Å². The Hall–Kier alpha value is -1.55. The first kappa shape index (κ1) is 11.9. The first-order chi connectivity index (χ1) is 8.15. The van der Waals surface area contributed by atoms with E-state index in [4.69, 9.17) is 10.5 Å². The summed E-state index contributed by atoms with van der Waals surface area (Å²) < 4.78 is 6.60. The number of nitrogens with two attached hydrogens (primary N) is 1. The van der Waals surface area contributed by atoms with E-state index in [2.05, 4.69) is 20.9 Å². The predicted octanol–water partition coefficient (Wildman–Crippen LogP) is 3.31. The molecule has 0 saturated heterocycles. The molecule has 0 aliphatic carbocycles. The van der Waals surface area contributed by atoms with Crippen LogP contribution in [0, 0.1) is 6.92 Å². The van der Waals surface area contributed by atoms with E-state index in [0.717, 1.165) is 15.7 Å². The average molecular weight is 293 g/mol. The van der Waals surface area contributed by atoms with Crippen LogP contribution in [0.5, 0.6) is 5.75 Å². The number of nitrogen functional groups attached to an aromatic ring is 1. The maximum Gasteiger partial charge on any atom is 0.143 e. The summed E-state index contributed by atoms with van der Waals surface area (Å²) in [6, 6.07) is 9.58. The van der Waals surface area contributed by atoms with Crippen LogP contribution in [0.15, 0.2) is 41.0 Å². The molecule has 0 unspecified atom stereocenters. The van der Waals surface area contributed by atoms with E-state index >= 15 is 0 Å². The van der Waals surface area contributed by atoms with Crippen LogP contribution in [0.1, 0.15) is 11.3 Å². The fraction of sp³-hybridized carbons (Fsp3) is 0.154. The lowest BCUT2D eigenvalue weighted by molar-refractivity contribution is 0.303. The van der Waals surface area contributed by atoms with Crippen LogP contribution in [0.25, 0.3) is 0 Å². The second-order valence-corrected chi connectivity index (χ2v) is 4.71.